The molecule has 1 aromatic rings. The van der Waals surface area contributed by atoms with Gasteiger partial charge in [0.1, 0.15) is 0 Å². The third-order valence-electron chi connectivity index (χ3n) is 1.99. The van der Waals surface area contributed by atoms with Gasteiger partial charge in [-0.15, -0.1) is 0 Å². The van der Waals surface area contributed by atoms with Crippen molar-refractivity contribution in [3.05, 3.63) is 35.9 Å². The van der Waals surface area contributed by atoms with Gasteiger partial charge in [0.15, 0.2) is 0 Å². The molecule has 2 nitrogen and oxygen atoms in total. The summed E-state index contributed by atoms with van der Waals surface area (Å²) in [4.78, 5) is 4.44. The third-order valence-corrected chi connectivity index (χ3v) is 1.99. The summed E-state index contributed by atoms with van der Waals surface area (Å²) in [5.41, 5.74) is 1.51. The van der Waals surface area contributed by atoms with Crippen molar-refractivity contribution < 1.29 is 4.84 Å². The Hall–Kier alpha value is -0.860. The lowest BCUT2D eigenvalue weighted by Gasteiger charge is -2.18. The molecule has 0 aliphatic heterocycles. The average molecular weight is 253 g/mol. The molecule has 18 heavy (non-hydrogen) atoms. The van der Waals surface area contributed by atoms with E-state index >= 15 is 0 Å². The zero-order valence-corrected chi connectivity index (χ0v) is 13.4. The van der Waals surface area contributed by atoms with Gasteiger partial charge < -0.3 is 0 Å². The first kappa shape index (κ1) is 19.5. The van der Waals surface area contributed by atoms with E-state index in [1.807, 2.05) is 34.6 Å². The van der Waals surface area contributed by atoms with Crippen LogP contribution in [0.3, 0.4) is 0 Å². The molecule has 1 rings (SSSR count). The van der Waals surface area contributed by atoms with Crippen LogP contribution in [0.1, 0.15) is 61.0 Å². The Morgan fingerprint density at radius 2 is 1.17 bits per heavy atom. The van der Waals surface area contributed by atoms with Crippen molar-refractivity contribution in [1.82, 2.24) is 0 Å². The molecule has 0 saturated carbocycles. The molecule has 106 valence electrons. The van der Waals surface area contributed by atoms with Crippen molar-refractivity contribution in [1.29, 1.82) is 0 Å². The van der Waals surface area contributed by atoms with Gasteiger partial charge in [-0.25, -0.2) is 5.90 Å². The van der Waals surface area contributed by atoms with Gasteiger partial charge in [0, 0.05) is 0 Å². The highest BCUT2D eigenvalue weighted by atomic mass is 16.6. The van der Waals surface area contributed by atoms with Crippen LogP contribution < -0.4 is 5.90 Å². The topological polar surface area (TPSA) is 35.2 Å². The molecule has 0 fully saturated rings. The molecule has 0 radical (unpaired) electrons. The highest BCUT2D eigenvalue weighted by Gasteiger charge is 2.11. The minimum absolute atomic E-state index is 0.181. The summed E-state index contributed by atoms with van der Waals surface area (Å²) >= 11 is 0. The molecule has 0 unspecified atom stereocenters. The van der Waals surface area contributed by atoms with E-state index in [9.17, 15) is 0 Å². The molecule has 0 saturated heterocycles. The molecule has 0 bridgehead atoms. The predicted molar refractivity (Wildman–Crippen MR) is 81.5 cm³/mol. The number of benzene rings is 1. The van der Waals surface area contributed by atoms with Gasteiger partial charge in [-0.2, -0.15) is 0 Å². The second-order valence-electron chi connectivity index (χ2n) is 5.85. The van der Waals surface area contributed by atoms with Crippen LogP contribution in [0, 0.1) is 0 Å². The average Bonchev–Trinajstić information content (AvgIpc) is 2.32. The molecule has 0 spiro atoms. The molecule has 0 aromatic heterocycles. The zero-order valence-electron chi connectivity index (χ0n) is 13.4. The van der Waals surface area contributed by atoms with Crippen molar-refractivity contribution >= 4 is 0 Å². The largest absolute Gasteiger partial charge is 0.299 e. The highest BCUT2D eigenvalue weighted by Crippen LogP contribution is 2.20. The fourth-order valence-corrected chi connectivity index (χ4v) is 0.938. The smallest absolute Gasteiger partial charge is 0.0810 e. The Morgan fingerprint density at radius 1 is 0.833 bits per heavy atom. The van der Waals surface area contributed by atoms with E-state index in [-0.39, 0.29) is 5.60 Å². The minimum atomic E-state index is -0.181. The summed E-state index contributed by atoms with van der Waals surface area (Å²) in [6.07, 6.45) is 0. The van der Waals surface area contributed by atoms with E-state index in [2.05, 4.69) is 55.9 Å². The predicted octanol–water partition coefficient (Wildman–Crippen LogP) is 4.69. The monoisotopic (exact) mass is 253 g/mol. The van der Waals surface area contributed by atoms with Gasteiger partial charge in [0.2, 0.25) is 0 Å². The number of hydrogen-bond acceptors (Lipinski definition) is 2. The number of nitrogens with two attached hydrogens (primary N) is 1. The van der Waals surface area contributed by atoms with Gasteiger partial charge in [-0.1, -0.05) is 65.0 Å². The van der Waals surface area contributed by atoms with Crippen molar-refractivity contribution in [3.8, 4) is 0 Å². The van der Waals surface area contributed by atoms with Gasteiger partial charge in [0.25, 0.3) is 0 Å². The summed E-state index contributed by atoms with van der Waals surface area (Å²) < 4.78 is 0. The zero-order chi connectivity index (χ0) is 14.8. The van der Waals surface area contributed by atoms with Crippen LogP contribution in [0.5, 0.6) is 0 Å². The standard InChI is InChI=1S/C10H14.C4H11NO.C2H6/c1-10(2,3)9-7-5-4-6-8-9;1-4(2,3)6-5;1-2/h4-8H,1-3H3;5H2,1-3H3;1-2H3. The van der Waals surface area contributed by atoms with Crippen LogP contribution in [0.25, 0.3) is 0 Å². The molecule has 1 aromatic carbocycles. The van der Waals surface area contributed by atoms with Crippen LogP contribution in [-0.2, 0) is 10.3 Å². The Morgan fingerprint density at radius 3 is 1.33 bits per heavy atom. The lowest BCUT2D eigenvalue weighted by molar-refractivity contribution is -0.00428. The van der Waals surface area contributed by atoms with Crippen LogP contribution in [0.2, 0.25) is 0 Å². The van der Waals surface area contributed by atoms with Crippen molar-refractivity contribution in [2.45, 2.75) is 66.4 Å². The fourth-order valence-electron chi connectivity index (χ4n) is 0.938. The van der Waals surface area contributed by atoms with Gasteiger partial charge in [-0.05, 0) is 31.7 Å². The molecule has 0 heterocycles. The maximum Gasteiger partial charge on any atom is 0.0810 e. The van der Waals surface area contributed by atoms with Gasteiger partial charge in [-0.3, -0.25) is 4.84 Å². The lowest BCUT2D eigenvalue weighted by Crippen LogP contribution is -2.22. The Labute approximate surface area is 113 Å². The summed E-state index contributed by atoms with van der Waals surface area (Å²) in [5, 5.41) is 0. The molecule has 2 heteroatoms. The summed E-state index contributed by atoms with van der Waals surface area (Å²) in [6, 6.07) is 10.6. The maximum atomic E-state index is 4.81. The third kappa shape index (κ3) is 11.6. The van der Waals surface area contributed by atoms with Crippen LogP contribution in [0.4, 0.5) is 0 Å². The van der Waals surface area contributed by atoms with E-state index in [4.69, 9.17) is 5.90 Å². The molecule has 0 aliphatic rings. The molecule has 0 aliphatic carbocycles. The van der Waals surface area contributed by atoms with Crippen LogP contribution in [-0.4, -0.2) is 5.60 Å². The normalized spacial score (nSPS) is 10.7. The fraction of sp³-hybridized carbons (Fsp3) is 0.625. The summed E-state index contributed by atoms with van der Waals surface area (Å²) in [7, 11) is 0. The van der Waals surface area contributed by atoms with E-state index in [0.717, 1.165) is 0 Å². The minimum Gasteiger partial charge on any atom is -0.299 e. The Kier molecular flexibility index (Phi) is 9.87. The van der Waals surface area contributed by atoms with E-state index in [0.29, 0.717) is 5.41 Å². The van der Waals surface area contributed by atoms with Crippen molar-refractivity contribution in [2.75, 3.05) is 0 Å². The molecular weight excluding hydrogens is 222 g/mol. The summed E-state index contributed by atoms with van der Waals surface area (Å²) in [6.45, 7) is 16.4. The SMILES string of the molecule is CC.CC(C)(C)ON.CC(C)(C)c1ccccc1. The molecule has 0 atom stereocenters. The van der Waals surface area contributed by atoms with Crippen molar-refractivity contribution in [3.63, 3.8) is 0 Å². The lowest BCUT2D eigenvalue weighted by atomic mass is 9.87. The Bertz CT molecular complexity index is 280. The van der Waals surface area contributed by atoms with E-state index < -0.39 is 0 Å². The molecular formula is C16H31NO. The van der Waals surface area contributed by atoms with Gasteiger partial charge >= 0.3 is 0 Å². The first-order chi connectivity index (χ1) is 8.17. The molecule has 2 N–H and O–H groups in total. The number of hydrogen-bond donors (Lipinski definition) is 1. The first-order valence-electron chi connectivity index (χ1n) is 6.60. The Balaban J connectivity index is 0. The second kappa shape index (κ2) is 9.12. The second-order valence-corrected chi connectivity index (χ2v) is 5.85. The maximum absolute atomic E-state index is 4.81. The van der Waals surface area contributed by atoms with Crippen molar-refractivity contribution in [2.24, 2.45) is 5.90 Å². The summed E-state index contributed by atoms with van der Waals surface area (Å²) in [5.74, 6) is 4.81. The van der Waals surface area contributed by atoms with Gasteiger partial charge in [0.05, 0.1) is 5.60 Å². The highest BCUT2D eigenvalue weighted by molar-refractivity contribution is 5.21. The molecule has 0 amide bonds. The van der Waals surface area contributed by atoms with Crippen LogP contribution in [0.15, 0.2) is 30.3 Å². The van der Waals surface area contributed by atoms with E-state index in [1.54, 1.807) is 0 Å². The quantitative estimate of drug-likeness (QED) is 0.681. The van der Waals surface area contributed by atoms with E-state index in [1.165, 1.54) is 5.56 Å². The van der Waals surface area contributed by atoms with Crippen LogP contribution >= 0.6 is 0 Å². The number of rotatable bonds is 0. The first-order valence-corrected chi connectivity index (χ1v) is 6.60.